The topological polar surface area (TPSA) is 77.1 Å². The molecule has 3 heterocycles. The highest BCUT2D eigenvalue weighted by molar-refractivity contribution is 7.99. The zero-order valence-electron chi connectivity index (χ0n) is 15.8. The van der Waals surface area contributed by atoms with Crippen LogP contribution in [-0.2, 0) is 11.3 Å². The van der Waals surface area contributed by atoms with Gasteiger partial charge in [0.1, 0.15) is 10.6 Å². The number of thioether (sulfide) groups is 1. The van der Waals surface area contributed by atoms with Crippen LogP contribution >= 0.6 is 23.1 Å². The molecule has 1 aliphatic carbocycles. The van der Waals surface area contributed by atoms with Gasteiger partial charge in [0.2, 0.25) is 5.91 Å². The van der Waals surface area contributed by atoms with Gasteiger partial charge in [-0.2, -0.15) is 0 Å². The number of nitrogens with one attached hydrogen (secondary N) is 1. The van der Waals surface area contributed by atoms with Crippen molar-refractivity contribution in [2.75, 3.05) is 5.75 Å². The molecular formula is C20H23N3O3S2. The number of furan rings is 1. The molecule has 1 saturated carbocycles. The number of nitrogens with zero attached hydrogens (tertiary/aromatic N) is 2. The van der Waals surface area contributed by atoms with Crippen molar-refractivity contribution in [2.24, 2.45) is 0 Å². The lowest BCUT2D eigenvalue weighted by Crippen LogP contribution is -2.37. The van der Waals surface area contributed by atoms with Crippen LogP contribution in [0, 0.1) is 6.92 Å². The predicted octanol–water partition coefficient (Wildman–Crippen LogP) is 3.95. The van der Waals surface area contributed by atoms with E-state index in [-0.39, 0.29) is 23.3 Å². The first kappa shape index (κ1) is 19.3. The van der Waals surface area contributed by atoms with Gasteiger partial charge in [0.25, 0.3) is 5.56 Å². The molecule has 3 aromatic heterocycles. The standard InChI is InChI=1S/C20H23N3O3S2/c1-13-10-16-18(28-13)22-20(23(19(16)25)11-15-8-5-9-26-15)27-12-17(24)21-14-6-3-2-4-7-14/h5,8-10,14H,2-4,6-7,11-12H2,1H3,(H,21,24). The Hall–Kier alpha value is -2.06. The molecule has 0 aromatic carbocycles. The van der Waals surface area contributed by atoms with Gasteiger partial charge in [-0.1, -0.05) is 31.0 Å². The summed E-state index contributed by atoms with van der Waals surface area (Å²) in [5.74, 6) is 0.929. The smallest absolute Gasteiger partial charge is 0.263 e. The van der Waals surface area contributed by atoms with Crippen LogP contribution in [0.1, 0.15) is 42.7 Å². The highest BCUT2D eigenvalue weighted by Gasteiger charge is 2.18. The quantitative estimate of drug-likeness (QED) is 0.485. The first-order valence-corrected chi connectivity index (χ1v) is 11.4. The van der Waals surface area contributed by atoms with Crippen molar-refractivity contribution in [1.82, 2.24) is 14.9 Å². The van der Waals surface area contributed by atoms with E-state index >= 15 is 0 Å². The van der Waals surface area contributed by atoms with Gasteiger partial charge in [0.05, 0.1) is 23.9 Å². The molecule has 3 aromatic rings. The highest BCUT2D eigenvalue weighted by atomic mass is 32.2. The molecule has 8 heteroatoms. The summed E-state index contributed by atoms with van der Waals surface area (Å²) in [6.45, 7) is 2.27. The van der Waals surface area contributed by atoms with Crippen LogP contribution in [0.25, 0.3) is 10.2 Å². The monoisotopic (exact) mass is 417 g/mol. The van der Waals surface area contributed by atoms with E-state index in [2.05, 4.69) is 10.3 Å². The van der Waals surface area contributed by atoms with Crippen LogP contribution < -0.4 is 10.9 Å². The number of rotatable bonds is 6. The minimum Gasteiger partial charge on any atom is -0.467 e. The lowest BCUT2D eigenvalue weighted by molar-refractivity contribution is -0.119. The number of aryl methyl sites for hydroxylation is 1. The Kier molecular flexibility index (Phi) is 5.87. The Labute approximate surface area is 171 Å². The van der Waals surface area contributed by atoms with E-state index < -0.39 is 0 Å². The zero-order chi connectivity index (χ0) is 19.5. The van der Waals surface area contributed by atoms with Crippen LogP contribution in [0.4, 0.5) is 0 Å². The fraction of sp³-hybridized carbons (Fsp3) is 0.450. The molecule has 0 atom stereocenters. The third kappa shape index (κ3) is 4.33. The third-order valence-corrected chi connectivity index (χ3v) is 6.86. The lowest BCUT2D eigenvalue weighted by Gasteiger charge is -2.22. The van der Waals surface area contributed by atoms with Gasteiger partial charge in [0, 0.05) is 10.9 Å². The second kappa shape index (κ2) is 8.53. The van der Waals surface area contributed by atoms with Crippen molar-refractivity contribution >= 4 is 39.2 Å². The number of aromatic nitrogens is 2. The van der Waals surface area contributed by atoms with E-state index in [0.717, 1.165) is 17.7 Å². The molecule has 0 aliphatic heterocycles. The Morgan fingerprint density at radius 2 is 2.21 bits per heavy atom. The van der Waals surface area contributed by atoms with Crippen molar-refractivity contribution in [3.63, 3.8) is 0 Å². The molecule has 0 bridgehead atoms. The van der Waals surface area contributed by atoms with Crippen molar-refractivity contribution in [2.45, 2.75) is 56.8 Å². The van der Waals surface area contributed by atoms with E-state index in [4.69, 9.17) is 4.42 Å². The first-order chi connectivity index (χ1) is 13.6. The largest absolute Gasteiger partial charge is 0.467 e. The SMILES string of the molecule is Cc1cc2c(=O)n(Cc3ccco3)c(SCC(=O)NC3CCCCC3)nc2s1. The number of amides is 1. The first-order valence-electron chi connectivity index (χ1n) is 9.55. The fourth-order valence-electron chi connectivity index (χ4n) is 3.57. The Bertz CT molecular complexity index is 1020. The van der Waals surface area contributed by atoms with E-state index in [1.54, 1.807) is 16.9 Å². The molecule has 28 heavy (non-hydrogen) atoms. The molecule has 0 saturated heterocycles. The molecule has 4 rings (SSSR count). The van der Waals surface area contributed by atoms with Crippen LogP contribution in [0.3, 0.4) is 0 Å². The predicted molar refractivity (Wildman–Crippen MR) is 112 cm³/mol. The number of hydrogen-bond donors (Lipinski definition) is 1. The molecule has 0 radical (unpaired) electrons. The number of carbonyl (C=O) groups excluding carboxylic acids is 1. The molecule has 0 spiro atoms. The second-order valence-electron chi connectivity index (χ2n) is 7.13. The van der Waals surface area contributed by atoms with Crippen molar-refractivity contribution < 1.29 is 9.21 Å². The summed E-state index contributed by atoms with van der Waals surface area (Å²) in [6.07, 6.45) is 7.31. The van der Waals surface area contributed by atoms with Gasteiger partial charge in [-0.15, -0.1) is 11.3 Å². The fourth-order valence-corrected chi connectivity index (χ4v) is 5.30. The summed E-state index contributed by atoms with van der Waals surface area (Å²) >= 11 is 2.81. The third-order valence-electron chi connectivity index (χ3n) is 4.94. The summed E-state index contributed by atoms with van der Waals surface area (Å²) in [4.78, 5) is 31.9. The van der Waals surface area contributed by atoms with Gasteiger partial charge in [-0.25, -0.2) is 4.98 Å². The Balaban J connectivity index is 1.55. The summed E-state index contributed by atoms with van der Waals surface area (Å²) in [5, 5.41) is 4.29. The van der Waals surface area contributed by atoms with Crippen molar-refractivity contribution in [3.05, 3.63) is 45.5 Å². The van der Waals surface area contributed by atoms with Gasteiger partial charge in [0.15, 0.2) is 5.16 Å². The summed E-state index contributed by atoms with van der Waals surface area (Å²) in [5.41, 5.74) is -0.0964. The van der Waals surface area contributed by atoms with Gasteiger partial charge in [-0.3, -0.25) is 14.2 Å². The second-order valence-corrected chi connectivity index (χ2v) is 9.31. The van der Waals surface area contributed by atoms with Crippen LogP contribution in [-0.4, -0.2) is 27.3 Å². The van der Waals surface area contributed by atoms with E-state index in [9.17, 15) is 9.59 Å². The van der Waals surface area contributed by atoms with Crippen LogP contribution in [0.5, 0.6) is 0 Å². The number of fused-ring (bicyclic) bond motifs is 1. The number of carbonyl (C=O) groups is 1. The van der Waals surface area contributed by atoms with Crippen LogP contribution in [0.15, 0.2) is 38.8 Å². The van der Waals surface area contributed by atoms with Gasteiger partial charge < -0.3 is 9.73 Å². The average Bonchev–Trinajstić information content (AvgIpc) is 3.32. The van der Waals surface area contributed by atoms with E-state index in [0.29, 0.717) is 27.7 Å². The molecule has 0 unspecified atom stereocenters. The summed E-state index contributed by atoms with van der Waals surface area (Å²) in [7, 11) is 0. The molecule has 6 nitrogen and oxygen atoms in total. The van der Waals surface area contributed by atoms with E-state index in [1.807, 2.05) is 19.1 Å². The normalized spacial score (nSPS) is 15.2. The van der Waals surface area contributed by atoms with Crippen LogP contribution in [0.2, 0.25) is 0 Å². The maximum Gasteiger partial charge on any atom is 0.263 e. The maximum atomic E-state index is 13.0. The Morgan fingerprint density at radius 3 is 2.96 bits per heavy atom. The van der Waals surface area contributed by atoms with Gasteiger partial charge >= 0.3 is 0 Å². The Morgan fingerprint density at radius 1 is 1.39 bits per heavy atom. The summed E-state index contributed by atoms with van der Waals surface area (Å²) < 4.78 is 7.02. The molecule has 1 fully saturated rings. The molecule has 1 N–H and O–H groups in total. The van der Waals surface area contributed by atoms with E-state index in [1.165, 1.54) is 42.4 Å². The van der Waals surface area contributed by atoms with Crippen molar-refractivity contribution in [1.29, 1.82) is 0 Å². The number of thiophene rings is 1. The van der Waals surface area contributed by atoms with Crippen molar-refractivity contribution in [3.8, 4) is 0 Å². The molecule has 1 amide bonds. The minimum atomic E-state index is -0.0964. The maximum absolute atomic E-state index is 13.0. The highest BCUT2D eigenvalue weighted by Crippen LogP contribution is 2.25. The lowest BCUT2D eigenvalue weighted by atomic mass is 9.95. The molecular weight excluding hydrogens is 394 g/mol. The molecule has 1 aliphatic rings. The summed E-state index contributed by atoms with van der Waals surface area (Å²) in [6, 6.07) is 5.78. The average molecular weight is 418 g/mol. The zero-order valence-corrected chi connectivity index (χ0v) is 17.4. The number of hydrogen-bond acceptors (Lipinski definition) is 6. The van der Waals surface area contributed by atoms with Gasteiger partial charge in [-0.05, 0) is 38.0 Å². The minimum absolute atomic E-state index is 0.00171. The molecule has 148 valence electrons.